The van der Waals surface area contributed by atoms with E-state index in [-0.39, 0.29) is 5.54 Å². The van der Waals surface area contributed by atoms with Gasteiger partial charge in [0.05, 0.1) is 0 Å². The maximum atomic E-state index is 6.02. The van der Waals surface area contributed by atoms with Gasteiger partial charge in [-0.2, -0.15) is 0 Å². The zero-order valence-electron chi connectivity index (χ0n) is 11.0. The highest BCUT2D eigenvalue weighted by Crippen LogP contribution is 2.28. The first-order chi connectivity index (χ1) is 7.89. The van der Waals surface area contributed by atoms with Gasteiger partial charge in [-0.1, -0.05) is 11.6 Å². The first-order valence-electron chi connectivity index (χ1n) is 6.17. The highest BCUT2D eigenvalue weighted by Gasteiger charge is 2.30. The van der Waals surface area contributed by atoms with E-state index in [2.05, 4.69) is 44.0 Å². The molecule has 0 spiro atoms. The monoisotopic (exact) mass is 252 g/mol. The van der Waals surface area contributed by atoms with Crippen molar-refractivity contribution >= 4 is 17.3 Å². The molecule has 0 saturated carbocycles. The van der Waals surface area contributed by atoms with Crippen LogP contribution < -0.4 is 10.2 Å². The SMILES string of the molecule is Cc1cc(Cl)ccc1N1CC(C)(C)NCC1C. The first-order valence-corrected chi connectivity index (χ1v) is 6.55. The zero-order valence-corrected chi connectivity index (χ0v) is 11.8. The van der Waals surface area contributed by atoms with E-state index in [1.807, 2.05) is 12.1 Å². The van der Waals surface area contributed by atoms with E-state index in [1.165, 1.54) is 11.3 Å². The standard InChI is InChI=1S/C14H21ClN2/c1-10-7-12(15)5-6-13(10)17-9-14(3,4)16-8-11(17)2/h5-7,11,16H,8-9H2,1-4H3. The molecule has 1 saturated heterocycles. The summed E-state index contributed by atoms with van der Waals surface area (Å²) in [6, 6.07) is 6.67. The Labute approximate surface area is 109 Å². The summed E-state index contributed by atoms with van der Waals surface area (Å²) in [7, 11) is 0. The van der Waals surface area contributed by atoms with Crippen LogP contribution in [0.15, 0.2) is 18.2 Å². The fourth-order valence-electron chi connectivity index (χ4n) is 2.44. The third-order valence-corrected chi connectivity index (χ3v) is 3.68. The molecule has 0 amide bonds. The molecule has 1 unspecified atom stereocenters. The van der Waals surface area contributed by atoms with Gasteiger partial charge >= 0.3 is 0 Å². The Morgan fingerprint density at radius 1 is 1.41 bits per heavy atom. The molecule has 1 atom stereocenters. The van der Waals surface area contributed by atoms with Gasteiger partial charge < -0.3 is 10.2 Å². The lowest BCUT2D eigenvalue weighted by Crippen LogP contribution is -2.61. The van der Waals surface area contributed by atoms with E-state index < -0.39 is 0 Å². The summed E-state index contributed by atoms with van der Waals surface area (Å²) in [6.45, 7) is 10.9. The lowest BCUT2D eigenvalue weighted by molar-refractivity contribution is 0.318. The topological polar surface area (TPSA) is 15.3 Å². The van der Waals surface area contributed by atoms with Crippen LogP contribution in [0.5, 0.6) is 0 Å². The summed E-state index contributed by atoms with van der Waals surface area (Å²) in [6.07, 6.45) is 0. The molecule has 1 aliphatic rings. The number of rotatable bonds is 1. The van der Waals surface area contributed by atoms with Crippen molar-refractivity contribution in [3.8, 4) is 0 Å². The number of piperazine rings is 1. The van der Waals surface area contributed by atoms with Gasteiger partial charge in [-0.05, 0) is 51.5 Å². The Bertz CT molecular complexity index is 415. The van der Waals surface area contributed by atoms with Gasteiger partial charge in [-0.25, -0.2) is 0 Å². The fourth-order valence-corrected chi connectivity index (χ4v) is 2.66. The van der Waals surface area contributed by atoms with Gasteiger partial charge in [0, 0.05) is 35.4 Å². The highest BCUT2D eigenvalue weighted by molar-refractivity contribution is 6.30. The Balaban J connectivity index is 2.31. The minimum Gasteiger partial charge on any atom is -0.366 e. The van der Waals surface area contributed by atoms with Crippen LogP contribution >= 0.6 is 11.6 Å². The average Bonchev–Trinajstić information content (AvgIpc) is 2.22. The first kappa shape index (κ1) is 12.7. The molecule has 0 aromatic heterocycles. The molecular formula is C14H21ClN2. The van der Waals surface area contributed by atoms with Crippen molar-refractivity contribution in [3.05, 3.63) is 28.8 Å². The molecule has 17 heavy (non-hydrogen) atoms. The van der Waals surface area contributed by atoms with Crippen LogP contribution in [0.2, 0.25) is 5.02 Å². The molecule has 0 aliphatic carbocycles. The third kappa shape index (κ3) is 2.75. The van der Waals surface area contributed by atoms with Gasteiger partial charge in [0.2, 0.25) is 0 Å². The number of nitrogens with one attached hydrogen (secondary N) is 1. The van der Waals surface area contributed by atoms with E-state index in [1.54, 1.807) is 0 Å². The fraction of sp³-hybridized carbons (Fsp3) is 0.571. The van der Waals surface area contributed by atoms with Crippen LogP contribution in [0.1, 0.15) is 26.3 Å². The summed E-state index contributed by atoms with van der Waals surface area (Å²) in [5.74, 6) is 0. The summed E-state index contributed by atoms with van der Waals surface area (Å²) in [4.78, 5) is 2.47. The molecule has 1 aromatic rings. The lowest BCUT2D eigenvalue weighted by Gasteiger charge is -2.45. The number of nitrogens with zero attached hydrogens (tertiary/aromatic N) is 1. The largest absolute Gasteiger partial charge is 0.366 e. The maximum Gasteiger partial charge on any atom is 0.0410 e. The molecule has 2 rings (SSSR count). The number of hydrogen-bond donors (Lipinski definition) is 1. The van der Waals surface area contributed by atoms with Crippen molar-refractivity contribution in [2.75, 3.05) is 18.0 Å². The van der Waals surface area contributed by atoms with Crippen molar-refractivity contribution < 1.29 is 0 Å². The number of aryl methyl sites for hydroxylation is 1. The van der Waals surface area contributed by atoms with Crippen molar-refractivity contribution in [2.45, 2.75) is 39.3 Å². The van der Waals surface area contributed by atoms with Crippen LogP contribution in [0.4, 0.5) is 5.69 Å². The normalized spacial score (nSPS) is 23.8. The van der Waals surface area contributed by atoms with Gasteiger partial charge in [-0.3, -0.25) is 0 Å². The predicted octanol–water partition coefficient (Wildman–Crippen LogP) is 3.23. The van der Waals surface area contributed by atoms with Crippen LogP contribution in [-0.2, 0) is 0 Å². The van der Waals surface area contributed by atoms with Crippen LogP contribution in [0, 0.1) is 6.92 Å². The number of hydrogen-bond acceptors (Lipinski definition) is 2. The van der Waals surface area contributed by atoms with Crippen molar-refractivity contribution in [1.29, 1.82) is 0 Å². The Kier molecular flexibility index (Phi) is 3.37. The van der Waals surface area contributed by atoms with Crippen LogP contribution in [0.3, 0.4) is 0 Å². The lowest BCUT2D eigenvalue weighted by atomic mass is 9.97. The van der Waals surface area contributed by atoms with Gasteiger partial charge in [0.25, 0.3) is 0 Å². The second kappa shape index (κ2) is 4.51. The van der Waals surface area contributed by atoms with Crippen molar-refractivity contribution in [3.63, 3.8) is 0 Å². The number of anilines is 1. The molecule has 1 aliphatic heterocycles. The maximum absolute atomic E-state index is 6.02. The third-order valence-electron chi connectivity index (χ3n) is 3.44. The Hall–Kier alpha value is -0.730. The molecular weight excluding hydrogens is 232 g/mol. The van der Waals surface area contributed by atoms with Gasteiger partial charge in [0.1, 0.15) is 0 Å². The molecule has 0 bridgehead atoms. The second-order valence-electron chi connectivity index (χ2n) is 5.67. The molecule has 2 nitrogen and oxygen atoms in total. The molecule has 1 heterocycles. The van der Waals surface area contributed by atoms with Crippen LogP contribution in [-0.4, -0.2) is 24.7 Å². The van der Waals surface area contributed by atoms with E-state index >= 15 is 0 Å². The molecule has 1 N–H and O–H groups in total. The highest BCUT2D eigenvalue weighted by atomic mass is 35.5. The quantitative estimate of drug-likeness (QED) is 0.826. The van der Waals surface area contributed by atoms with Gasteiger partial charge in [0.15, 0.2) is 0 Å². The summed E-state index contributed by atoms with van der Waals surface area (Å²) < 4.78 is 0. The average molecular weight is 253 g/mol. The van der Waals surface area contributed by atoms with Crippen molar-refractivity contribution in [2.24, 2.45) is 0 Å². The number of benzene rings is 1. The second-order valence-corrected chi connectivity index (χ2v) is 6.11. The van der Waals surface area contributed by atoms with E-state index in [0.717, 1.165) is 18.1 Å². The predicted molar refractivity (Wildman–Crippen MR) is 75.1 cm³/mol. The van der Waals surface area contributed by atoms with Crippen molar-refractivity contribution in [1.82, 2.24) is 5.32 Å². The summed E-state index contributed by atoms with van der Waals surface area (Å²) in [5.41, 5.74) is 2.72. The molecule has 94 valence electrons. The number of halogens is 1. The minimum atomic E-state index is 0.165. The summed E-state index contributed by atoms with van der Waals surface area (Å²) >= 11 is 6.02. The van der Waals surface area contributed by atoms with Crippen LogP contribution in [0.25, 0.3) is 0 Å². The minimum absolute atomic E-state index is 0.165. The Morgan fingerprint density at radius 3 is 2.76 bits per heavy atom. The van der Waals surface area contributed by atoms with Gasteiger partial charge in [-0.15, -0.1) is 0 Å². The summed E-state index contributed by atoms with van der Waals surface area (Å²) in [5, 5.41) is 4.38. The molecule has 0 radical (unpaired) electrons. The molecule has 3 heteroatoms. The van der Waals surface area contributed by atoms with E-state index in [4.69, 9.17) is 11.6 Å². The van der Waals surface area contributed by atoms with E-state index in [9.17, 15) is 0 Å². The molecule has 1 aromatic carbocycles. The van der Waals surface area contributed by atoms with E-state index in [0.29, 0.717) is 6.04 Å². The zero-order chi connectivity index (χ0) is 12.6. The molecule has 1 fully saturated rings. The Morgan fingerprint density at radius 2 is 2.12 bits per heavy atom. The smallest absolute Gasteiger partial charge is 0.0410 e.